The maximum atomic E-state index is 10.4. The van der Waals surface area contributed by atoms with Crippen LogP contribution in [0.25, 0.3) is 0 Å². The van der Waals surface area contributed by atoms with Crippen molar-refractivity contribution in [1.82, 2.24) is 0 Å². The van der Waals surface area contributed by atoms with E-state index in [-0.39, 0.29) is 11.0 Å². The molecule has 0 aromatic carbocycles. The van der Waals surface area contributed by atoms with E-state index >= 15 is 0 Å². The molecule has 0 saturated heterocycles. The van der Waals surface area contributed by atoms with Crippen LogP contribution in [-0.2, 0) is 9.53 Å². The summed E-state index contributed by atoms with van der Waals surface area (Å²) in [6.45, 7) is 0. The van der Waals surface area contributed by atoms with E-state index in [1.807, 2.05) is 0 Å². The second-order valence-corrected chi connectivity index (χ2v) is 1.73. The van der Waals surface area contributed by atoms with Crippen LogP contribution >= 0.6 is 15.9 Å². The summed E-state index contributed by atoms with van der Waals surface area (Å²) in [5, 5.41) is 10.9. The first-order valence-corrected chi connectivity index (χ1v) is 3.23. The minimum absolute atomic E-state index is 0.0440. The van der Waals surface area contributed by atoms with Crippen molar-refractivity contribution in [3.8, 4) is 0 Å². The van der Waals surface area contributed by atoms with E-state index in [4.69, 9.17) is 5.21 Å². The monoisotopic (exact) mass is 195 g/mol. The molecule has 0 aromatic rings. The first-order chi connectivity index (χ1) is 4.26. The molecule has 0 amide bonds. The zero-order chi connectivity index (χ0) is 7.28. The molecule has 0 rings (SSSR count). The minimum Gasteiger partial charge on any atom is -0.464 e. The summed E-state index contributed by atoms with van der Waals surface area (Å²) in [5.74, 6) is -0.630. The highest BCUT2D eigenvalue weighted by Gasteiger charge is 2.08. The molecule has 5 heteroatoms. The first kappa shape index (κ1) is 8.42. The summed E-state index contributed by atoms with van der Waals surface area (Å²) in [6, 6.07) is 0. The van der Waals surface area contributed by atoms with Gasteiger partial charge in [0.25, 0.3) is 0 Å². The van der Waals surface area contributed by atoms with E-state index in [9.17, 15) is 4.79 Å². The number of ether oxygens (including phenoxy) is 1. The van der Waals surface area contributed by atoms with Gasteiger partial charge in [0.1, 0.15) is 0 Å². The van der Waals surface area contributed by atoms with Crippen LogP contribution in [0.4, 0.5) is 0 Å². The second kappa shape index (κ2) is 4.31. The molecule has 0 aliphatic rings. The fraction of sp³-hybridized carbons (Fsp3) is 0.500. The smallest absolute Gasteiger partial charge is 0.356 e. The normalized spacial score (nSPS) is 11.1. The molecule has 0 heterocycles. The van der Waals surface area contributed by atoms with E-state index in [1.165, 1.54) is 7.11 Å². The van der Waals surface area contributed by atoms with Crippen molar-refractivity contribution < 1.29 is 14.7 Å². The molecule has 4 nitrogen and oxygen atoms in total. The van der Waals surface area contributed by atoms with E-state index in [0.29, 0.717) is 0 Å². The third-order valence-electron chi connectivity index (χ3n) is 0.668. The Morgan fingerprint density at radius 2 is 2.44 bits per heavy atom. The predicted molar refractivity (Wildman–Crippen MR) is 35.0 cm³/mol. The number of nitrogens with zero attached hydrogens (tertiary/aromatic N) is 1. The number of hydrogen-bond donors (Lipinski definition) is 1. The summed E-state index contributed by atoms with van der Waals surface area (Å²) in [5.41, 5.74) is -0.0440. The lowest BCUT2D eigenvalue weighted by Gasteiger charge is -1.94. The summed E-state index contributed by atoms with van der Waals surface area (Å²) in [7, 11) is 1.22. The maximum absolute atomic E-state index is 10.4. The molecule has 0 unspecified atom stereocenters. The number of esters is 1. The van der Waals surface area contributed by atoms with E-state index < -0.39 is 5.97 Å². The number of alkyl halides is 1. The van der Waals surface area contributed by atoms with Crippen LogP contribution in [0.2, 0.25) is 0 Å². The van der Waals surface area contributed by atoms with Crippen molar-refractivity contribution in [3.05, 3.63) is 0 Å². The van der Waals surface area contributed by atoms with Gasteiger partial charge in [-0.1, -0.05) is 21.1 Å². The minimum atomic E-state index is -0.630. The van der Waals surface area contributed by atoms with Crippen LogP contribution in [0, 0.1) is 0 Å². The summed E-state index contributed by atoms with van der Waals surface area (Å²) < 4.78 is 4.23. The van der Waals surface area contributed by atoms with Crippen molar-refractivity contribution in [2.24, 2.45) is 5.16 Å². The molecule has 1 N–H and O–H groups in total. The molecule has 0 atom stereocenters. The zero-order valence-corrected chi connectivity index (χ0v) is 6.38. The predicted octanol–water partition coefficient (Wildman–Crippen LogP) is 0.384. The standard InChI is InChI=1S/C4H6BrNO3/c1-9-4(7)3(2-5)6-8/h8H,2H2,1H3/b6-3+. The van der Waals surface area contributed by atoms with Gasteiger partial charge < -0.3 is 9.94 Å². The lowest BCUT2D eigenvalue weighted by molar-refractivity contribution is -0.132. The van der Waals surface area contributed by atoms with Crippen LogP contribution in [0.15, 0.2) is 5.16 Å². The Hall–Kier alpha value is -0.580. The van der Waals surface area contributed by atoms with E-state index in [0.717, 1.165) is 0 Å². The lowest BCUT2D eigenvalue weighted by Crippen LogP contribution is -2.16. The first-order valence-electron chi connectivity index (χ1n) is 2.11. The second-order valence-electron chi connectivity index (χ2n) is 1.17. The van der Waals surface area contributed by atoms with Gasteiger partial charge in [0.2, 0.25) is 0 Å². The fourth-order valence-corrected chi connectivity index (χ4v) is 0.581. The topological polar surface area (TPSA) is 58.9 Å². The van der Waals surface area contributed by atoms with Gasteiger partial charge in [-0.2, -0.15) is 0 Å². The third-order valence-corrected chi connectivity index (χ3v) is 1.20. The van der Waals surface area contributed by atoms with Gasteiger partial charge in [0.15, 0.2) is 5.71 Å². The SMILES string of the molecule is COC(=O)/C(CBr)=N/O. The average Bonchev–Trinajstić information content (AvgIpc) is 1.90. The van der Waals surface area contributed by atoms with Crippen LogP contribution in [0.1, 0.15) is 0 Å². The number of halogens is 1. The highest BCUT2D eigenvalue weighted by atomic mass is 79.9. The van der Waals surface area contributed by atoms with Crippen LogP contribution in [-0.4, -0.2) is 29.3 Å². The Balaban J connectivity index is 3.97. The van der Waals surface area contributed by atoms with Gasteiger partial charge in [-0.15, -0.1) is 0 Å². The Morgan fingerprint density at radius 3 is 2.56 bits per heavy atom. The van der Waals surface area contributed by atoms with Crippen LogP contribution in [0.3, 0.4) is 0 Å². The maximum Gasteiger partial charge on any atom is 0.356 e. The number of carbonyl (C=O) groups is 1. The number of carbonyl (C=O) groups excluding carboxylic acids is 1. The van der Waals surface area contributed by atoms with Gasteiger partial charge in [-0.05, 0) is 0 Å². The number of oxime groups is 1. The number of rotatable bonds is 2. The van der Waals surface area contributed by atoms with Crippen molar-refractivity contribution in [3.63, 3.8) is 0 Å². The highest BCUT2D eigenvalue weighted by Crippen LogP contribution is 1.87. The third kappa shape index (κ3) is 2.46. The Kier molecular flexibility index (Phi) is 4.04. The van der Waals surface area contributed by atoms with Gasteiger partial charge >= 0.3 is 5.97 Å². The van der Waals surface area contributed by atoms with Gasteiger partial charge in [-0.25, -0.2) is 4.79 Å². The van der Waals surface area contributed by atoms with E-state index in [1.54, 1.807) is 0 Å². The van der Waals surface area contributed by atoms with Crippen molar-refractivity contribution in [1.29, 1.82) is 0 Å². The Bertz CT molecular complexity index is 134. The fourth-order valence-electron chi connectivity index (χ4n) is 0.240. The van der Waals surface area contributed by atoms with Crippen molar-refractivity contribution >= 4 is 27.6 Å². The average molecular weight is 196 g/mol. The molecule has 0 aliphatic carbocycles. The lowest BCUT2D eigenvalue weighted by atomic mass is 10.4. The van der Waals surface area contributed by atoms with Gasteiger partial charge in [0.05, 0.1) is 12.4 Å². The van der Waals surface area contributed by atoms with Crippen LogP contribution in [0.5, 0.6) is 0 Å². The highest BCUT2D eigenvalue weighted by molar-refractivity contribution is 9.09. The Morgan fingerprint density at radius 1 is 1.89 bits per heavy atom. The number of methoxy groups -OCH3 is 1. The molecule has 9 heavy (non-hydrogen) atoms. The van der Waals surface area contributed by atoms with Crippen molar-refractivity contribution in [2.75, 3.05) is 12.4 Å². The molecule has 0 aromatic heterocycles. The summed E-state index contributed by atoms with van der Waals surface area (Å²) in [6.07, 6.45) is 0. The van der Waals surface area contributed by atoms with E-state index in [2.05, 4.69) is 25.8 Å². The molecule has 0 aliphatic heterocycles. The molecule has 0 fully saturated rings. The Labute approximate surface area is 60.6 Å². The summed E-state index contributed by atoms with van der Waals surface area (Å²) >= 11 is 2.93. The van der Waals surface area contributed by atoms with Crippen molar-refractivity contribution in [2.45, 2.75) is 0 Å². The molecule has 0 radical (unpaired) electrons. The quantitative estimate of drug-likeness (QED) is 0.228. The van der Waals surface area contributed by atoms with Crippen LogP contribution < -0.4 is 0 Å². The zero-order valence-electron chi connectivity index (χ0n) is 4.80. The molecule has 0 saturated carbocycles. The number of hydrogen-bond acceptors (Lipinski definition) is 4. The van der Waals surface area contributed by atoms with Gasteiger partial charge in [-0.3, -0.25) is 0 Å². The molecular weight excluding hydrogens is 190 g/mol. The molecule has 0 spiro atoms. The molecule has 52 valence electrons. The molecular formula is C4H6BrNO3. The van der Waals surface area contributed by atoms with Gasteiger partial charge in [0, 0.05) is 0 Å². The largest absolute Gasteiger partial charge is 0.464 e. The summed E-state index contributed by atoms with van der Waals surface area (Å²) in [4.78, 5) is 10.4. The molecule has 0 bridgehead atoms.